The maximum atomic E-state index is 12.7. The van der Waals surface area contributed by atoms with Crippen LogP contribution < -0.4 is 4.90 Å². The lowest BCUT2D eigenvalue weighted by atomic mass is 10.1. The Bertz CT molecular complexity index is 738. The molecule has 25 heavy (non-hydrogen) atoms. The average molecular weight is 344 g/mol. The summed E-state index contributed by atoms with van der Waals surface area (Å²) in [6.07, 6.45) is 3.40. The standard InChI is InChI=1S/C17H24N6O2/c1-11-13(12(2)21-20-11)9-15(24)23-7-8-25-14(10-23)16-17(22(3)4)19-6-5-18-16/h5-6,14H,7-10H2,1-4H3,(H,20,21)/t14-/m0/s1. The molecule has 1 saturated heterocycles. The molecule has 3 heterocycles. The molecule has 0 saturated carbocycles. The number of hydrogen-bond donors (Lipinski definition) is 1. The van der Waals surface area contributed by atoms with Crippen LogP contribution in [-0.2, 0) is 16.0 Å². The number of aromatic nitrogens is 4. The number of nitrogens with one attached hydrogen (secondary N) is 1. The summed E-state index contributed by atoms with van der Waals surface area (Å²) in [5.41, 5.74) is 3.56. The van der Waals surface area contributed by atoms with Gasteiger partial charge in [-0.25, -0.2) is 4.98 Å². The van der Waals surface area contributed by atoms with E-state index in [2.05, 4.69) is 20.2 Å². The minimum atomic E-state index is -0.268. The number of amides is 1. The Labute approximate surface area is 147 Å². The third kappa shape index (κ3) is 3.63. The summed E-state index contributed by atoms with van der Waals surface area (Å²) >= 11 is 0. The molecule has 3 rings (SSSR count). The minimum absolute atomic E-state index is 0.0798. The summed E-state index contributed by atoms with van der Waals surface area (Å²) in [6.45, 7) is 5.41. The van der Waals surface area contributed by atoms with Crippen molar-refractivity contribution in [2.24, 2.45) is 0 Å². The monoisotopic (exact) mass is 344 g/mol. The number of rotatable bonds is 4. The Morgan fingerprint density at radius 1 is 1.36 bits per heavy atom. The maximum absolute atomic E-state index is 12.7. The number of anilines is 1. The van der Waals surface area contributed by atoms with E-state index in [1.54, 1.807) is 12.4 Å². The largest absolute Gasteiger partial charge is 0.368 e. The third-order valence-corrected chi connectivity index (χ3v) is 4.46. The molecule has 0 bridgehead atoms. The van der Waals surface area contributed by atoms with Gasteiger partial charge in [-0.2, -0.15) is 5.10 Å². The van der Waals surface area contributed by atoms with Gasteiger partial charge in [-0.3, -0.25) is 14.9 Å². The van der Waals surface area contributed by atoms with E-state index >= 15 is 0 Å². The predicted octanol–water partition coefficient (Wildman–Crippen LogP) is 1.03. The SMILES string of the molecule is Cc1n[nH]c(C)c1CC(=O)N1CCO[C@H](c2nccnc2N(C)C)C1. The van der Waals surface area contributed by atoms with E-state index in [1.807, 2.05) is 37.7 Å². The Kier molecular flexibility index (Phi) is 4.98. The molecule has 0 unspecified atom stereocenters. The molecule has 0 radical (unpaired) electrons. The second-order valence-electron chi connectivity index (χ2n) is 6.45. The Hall–Kier alpha value is -2.48. The highest BCUT2D eigenvalue weighted by Crippen LogP contribution is 2.27. The smallest absolute Gasteiger partial charge is 0.227 e. The van der Waals surface area contributed by atoms with E-state index in [0.29, 0.717) is 26.1 Å². The fourth-order valence-electron chi connectivity index (χ4n) is 3.05. The van der Waals surface area contributed by atoms with Gasteiger partial charge in [0.15, 0.2) is 5.82 Å². The normalized spacial score (nSPS) is 17.6. The first-order chi connectivity index (χ1) is 12.0. The van der Waals surface area contributed by atoms with E-state index in [9.17, 15) is 4.79 Å². The highest BCUT2D eigenvalue weighted by atomic mass is 16.5. The molecule has 2 aromatic rings. The van der Waals surface area contributed by atoms with Crippen LogP contribution in [0.4, 0.5) is 5.82 Å². The number of aryl methyl sites for hydroxylation is 2. The van der Waals surface area contributed by atoms with Crippen LogP contribution in [0.5, 0.6) is 0 Å². The number of morpholine rings is 1. The molecule has 0 aliphatic carbocycles. The van der Waals surface area contributed by atoms with Crippen molar-refractivity contribution in [2.45, 2.75) is 26.4 Å². The van der Waals surface area contributed by atoms with Crippen molar-refractivity contribution in [3.05, 3.63) is 35.0 Å². The number of ether oxygens (including phenoxy) is 1. The summed E-state index contributed by atoms with van der Waals surface area (Å²) < 4.78 is 5.88. The first-order valence-corrected chi connectivity index (χ1v) is 8.35. The quantitative estimate of drug-likeness (QED) is 0.891. The Morgan fingerprint density at radius 2 is 2.12 bits per heavy atom. The third-order valence-electron chi connectivity index (χ3n) is 4.46. The van der Waals surface area contributed by atoms with Crippen molar-refractivity contribution in [3.63, 3.8) is 0 Å². The van der Waals surface area contributed by atoms with Crippen molar-refractivity contribution >= 4 is 11.7 Å². The molecule has 0 spiro atoms. The van der Waals surface area contributed by atoms with Crippen molar-refractivity contribution in [1.82, 2.24) is 25.1 Å². The van der Waals surface area contributed by atoms with Gasteiger partial charge >= 0.3 is 0 Å². The second-order valence-corrected chi connectivity index (χ2v) is 6.45. The summed E-state index contributed by atoms with van der Waals surface area (Å²) in [6, 6.07) is 0. The van der Waals surface area contributed by atoms with Crippen molar-refractivity contribution in [1.29, 1.82) is 0 Å². The van der Waals surface area contributed by atoms with Gasteiger partial charge in [-0.15, -0.1) is 0 Å². The fourth-order valence-corrected chi connectivity index (χ4v) is 3.05. The maximum Gasteiger partial charge on any atom is 0.227 e. The first kappa shape index (κ1) is 17.3. The summed E-state index contributed by atoms with van der Waals surface area (Å²) in [7, 11) is 3.84. The van der Waals surface area contributed by atoms with Crippen molar-refractivity contribution in [3.8, 4) is 0 Å². The number of hydrogen-bond acceptors (Lipinski definition) is 6. The van der Waals surface area contributed by atoms with Gasteiger partial charge in [0.05, 0.1) is 25.3 Å². The van der Waals surface area contributed by atoms with Crippen LogP contribution in [-0.4, -0.2) is 64.8 Å². The lowest BCUT2D eigenvalue weighted by Crippen LogP contribution is -2.43. The van der Waals surface area contributed by atoms with Crippen LogP contribution in [0.25, 0.3) is 0 Å². The van der Waals surface area contributed by atoms with Crippen LogP contribution in [0, 0.1) is 13.8 Å². The molecular weight excluding hydrogens is 320 g/mol. The molecule has 1 atom stereocenters. The fraction of sp³-hybridized carbons (Fsp3) is 0.529. The molecule has 2 aromatic heterocycles. The van der Waals surface area contributed by atoms with E-state index in [-0.39, 0.29) is 12.0 Å². The van der Waals surface area contributed by atoms with Crippen LogP contribution >= 0.6 is 0 Å². The molecule has 1 N–H and O–H groups in total. The van der Waals surface area contributed by atoms with Gasteiger partial charge in [0.2, 0.25) is 5.91 Å². The molecule has 8 nitrogen and oxygen atoms in total. The van der Waals surface area contributed by atoms with Crippen LogP contribution in [0.2, 0.25) is 0 Å². The topological polar surface area (TPSA) is 87.2 Å². The van der Waals surface area contributed by atoms with Gasteiger partial charge in [0, 0.05) is 44.3 Å². The Morgan fingerprint density at radius 3 is 2.80 bits per heavy atom. The van der Waals surface area contributed by atoms with Gasteiger partial charge in [0.1, 0.15) is 11.8 Å². The van der Waals surface area contributed by atoms with Crippen LogP contribution in [0.1, 0.15) is 28.7 Å². The van der Waals surface area contributed by atoms with E-state index < -0.39 is 0 Å². The van der Waals surface area contributed by atoms with E-state index in [0.717, 1.165) is 28.5 Å². The number of carbonyl (C=O) groups excluding carboxylic acids is 1. The van der Waals surface area contributed by atoms with Crippen molar-refractivity contribution < 1.29 is 9.53 Å². The molecule has 8 heteroatoms. The van der Waals surface area contributed by atoms with E-state index in [4.69, 9.17) is 4.74 Å². The van der Waals surface area contributed by atoms with Gasteiger partial charge in [0.25, 0.3) is 0 Å². The number of carbonyl (C=O) groups is 1. The van der Waals surface area contributed by atoms with Crippen LogP contribution in [0.3, 0.4) is 0 Å². The number of nitrogens with zero attached hydrogens (tertiary/aromatic N) is 5. The molecule has 134 valence electrons. The average Bonchev–Trinajstić information content (AvgIpc) is 2.93. The summed E-state index contributed by atoms with van der Waals surface area (Å²) in [5.74, 6) is 0.847. The molecule has 1 aliphatic heterocycles. The first-order valence-electron chi connectivity index (χ1n) is 8.35. The summed E-state index contributed by atoms with van der Waals surface area (Å²) in [4.78, 5) is 25.3. The number of aromatic amines is 1. The molecule has 1 aliphatic rings. The lowest BCUT2D eigenvalue weighted by Gasteiger charge is -2.33. The zero-order valence-electron chi connectivity index (χ0n) is 15.1. The molecule has 1 amide bonds. The molecular formula is C17H24N6O2. The van der Waals surface area contributed by atoms with Crippen LogP contribution in [0.15, 0.2) is 12.4 Å². The minimum Gasteiger partial charge on any atom is -0.368 e. The lowest BCUT2D eigenvalue weighted by molar-refractivity contribution is -0.138. The zero-order chi connectivity index (χ0) is 18.0. The van der Waals surface area contributed by atoms with Gasteiger partial charge in [-0.1, -0.05) is 0 Å². The Balaban J connectivity index is 1.74. The predicted molar refractivity (Wildman–Crippen MR) is 93.4 cm³/mol. The highest BCUT2D eigenvalue weighted by Gasteiger charge is 2.29. The molecule has 1 fully saturated rings. The molecule has 0 aromatic carbocycles. The van der Waals surface area contributed by atoms with E-state index in [1.165, 1.54) is 0 Å². The highest BCUT2D eigenvalue weighted by molar-refractivity contribution is 5.79. The number of H-pyrrole nitrogens is 1. The van der Waals surface area contributed by atoms with Crippen molar-refractivity contribution in [2.75, 3.05) is 38.7 Å². The second kappa shape index (κ2) is 7.18. The zero-order valence-corrected chi connectivity index (χ0v) is 15.1. The summed E-state index contributed by atoms with van der Waals surface area (Å²) in [5, 5.41) is 7.09. The van der Waals surface area contributed by atoms with Gasteiger partial charge < -0.3 is 14.5 Å². The van der Waals surface area contributed by atoms with Gasteiger partial charge in [-0.05, 0) is 13.8 Å².